The molecule has 0 aliphatic heterocycles. The van der Waals surface area contributed by atoms with Crippen LogP contribution in [0.25, 0.3) is 0 Å². The highest BCUT2D eigenvalue weighted by Crippen LogP contribution is 2.21. The summed E-state index contributed by atoms with van der Waals surface area (Å²) in [6, 6.07) is 0. The van der Waals surface area contributed by atoms with Crippen molar-refractivity contribution in [1.29, 1.82) is 0 Å². The molecule has 0 saturated carbocycles. The third kappa shape index (κ3) is 9.06. The summed E-state index contributed by atoms with van der Waals surface area (Å²) in [6.07, 6.45) is 4.34. The van der Waals surface area contributed by atoms with Gasteiger partial charge in [-0.3, -0.25) is 9.59 Å². The number of hydrogen-bond donors (Lipinski definition) is 0. The molecule has 0 N–H and O–H groups in total. The molecule has 130 valence electrons. The SMILES string of the molecule is CCCCC(CCCOC(=O)C(C)(C)C)OC(=O)C(C)(C)C. The first-order chi connectivity index (χ1) is 9.98. The van der Waals surface area contributed by atoms with Crippen molar-refractivity contribution in [3.63, 3.8) is 0 Å². The van der Waals surface area contributed by atoms with E-state index in [-0.39, 0.29) is 18.0 Å². The van der Waals surface area contributed by atoms with Crippen LogP contribution in [0, 0.1) is 10.8 Å². The van der Waals surface area contributed by atoms with E-state index in [1.165, 1.54) is 0 Å². The number of esters is 2. The maximum absolute atomic E-state index is 12.0. The maximum atomic E-state index is 12.0. The molecule has 0 aromatic carbocycles. The van der Waals surface area contributed by atoms with Gasteiger partial charge in [0, 0.05) is 0 Å². The minimum atomic E-state index is -0.483. The van der Waals surface area contributed by atoms with Crippen molar-refractivity contribution < 1.29 is 19.1 Å². The Bertz CT molecular complexity index is 347. The zero-order chi connectivity index (χ0) is 17.4. The highest BCUT2D eigenvalue weighted by molar-refractivity contribution is 5.75. The quantitative estimate of drug-likeness (QED) is 0.489. The van der Waals surface area contributed by atoms with Crippen LogP contribution < -0.4 is 0 Å². The Morgan fingerprint density at radius 3 is 1.82 bits per heavy atom. The van der Waals surface area contributed by atoms with Gasteiger partial charge in [0.1, 0.15) is 6.10 Å². The molecule has 0 aromatic heterocycles. The molecular formula is C18H34O4. The van der Waals surface area contributed by atoms with E-state index in [1.54, 1.807) is 0 Å². The molecular weight excluding hydrogens is 280 g/mol. The lowest BCUT2D eigenvalue weighted by molar-refractivity contribution is -0.160. The zero-order valence-corrected chi connectivity index (χ0v) is 15.5. The number of carbonyl (C=O) groups excluding carboxylic acids is 2. The molecule has 0 spiro atoms. The predicted octanol–water partition coefficient (Wildman–Crippen LogP) is 4.50. The van der Waals surface area contributed by atoms with E-state index in [4.69, 9.17) is 9.47 Å². The summed E-state index contributed by atoms with van der Waals surface area (Å²) in [5, 5.41) is 0. The fourth-order valence-electron chi connectivity index (χ4n) is 1.71. The van der Waals surface area contributed by atoms with Crippen molar-refractivity contribution in [1.82, 2.24) is 0 Å². The molecule has 22 heavy (non-hydrogen) atoms. The maximum Gasteiger partial charge on any atom is 0.311 e. The molecule has 4 nitrogen and oxygen atoms in total. The summed E-state index contributed by atoms with van der Waals surface area (Å²) in [5.74, 6) is -0.357. The van der Waals surface area contributed by atoms with Gasteiger partial charge in [0.15, 0.2) is 0 Å². The molecule has 0 rings (SSSR count). The normalized spacial score (nSPS) is 13.6. The van der Waals surface area contributed by atoms with Gasteiger partial charge >= 0.3 is 11.9 Å². The van der Waals surface area contributed by atoms with Gasteiger partial charge in [-0.05, 0) is 60.8 Å². The van der Waals surface area contributed by atoms with E-state index in [2.05, 4.69) is 6.92 Å². The van der Waals surface area contributed by atoms with Gasteiger partial charge in [0.05, 0.1) is 17.4 Å². The lowest BCUT2D eigenvalue weighted by atomic mass is 9.97. The number of ether oxygens (including phenoxy) is 2. The van der Waals surface area contributed by atoms with Gasteiger partial charge in [-0.25, -0.2) is 0 Å². The zero-order valence-electron chi connectivity index (χ0n) is 15.5. The van der Waals surface area contributed by atoms with Crippen LogP contribution >= 0.6 is 0 Å². The Labute approximate surface area is 135 Å². The number of unbranched alkanes of at least 4 members (excludes halogenated alkanes) is 1. The average Bonchev–Trinajstić information content (AvgIpc) is 2.37. The third-order valence-electron chi connectivity index (χ3n) is 3.28. The summed E-state index contributed by atoms with van der Waals surface area (Å²) in [5.41, 5.74) is -0.955. The molecule has 0 aliphatic carbocycles. The van der Waals surface area contributed by atoms with Gasteiger partial charge in [0.25, 0.3) is 0 Å². The van der Waals surface area contributed by atoms with Crippen LogP contribution in [0.4, 0.5) is 0 Å². The van der Waals surface area contributed by atoms with Crippen molar-refractivity contribution in [3.05, 3.63) is 0 Å². The average molecular weight is 314 g/mol. The largest absolute Gasteiger partial charge is 0.465 e. The lowest BCUT2D eigenvalue weighted by Crippen LogP contribution is -2.29. The molecule has 1 atom stereocenters. The molecule has 1 unspecified atom stereocenters. The van der Waals surface area contributed by atoms with Gasteiger partial charge in [-0.1, -0.05) is 19.8 Å². The highest BCUT2D eigenvalue weighted by Gasteiger charge is 2.26. The Hall–Kier alpha value is -1.06. The highest BCUT2D eigenvalue weighted by atomic mass is 16.5. The van der Waals surface area contributed by atoms with Crippen LogP contribution in [-0.2, 0) is 19.1 Å². The third-order valence-corrected chi connectivity index (χ3v) is 3.28. The van der Waals surface area contributed by atoms with E-state index < -0.39 is 10.8 Å². The second kappa shape index (κ2) is 9.16. The minimum absolute atomic E-state index is 0.0833. The Morgan fingerprint density at radius 1 is 0.864 bits per heavy atom. The molecule has 0 amide bonds. The van der Waals surface area contributed by atoms with Crippen LogP contribution in [0.2, 0.25) is 0 Å². The lowest BCUT2D eigenvalue weighted by Gasteiger charge is -2.23. The Balaban J connectivity index is 4.26. The van der Waals surface area contributed by atoms with Crippen molar-refractivity contribution in [3.8, 4) is 0 Å². The van der Waals surface area contributed by atoms with E-state index in [1.807, 2.05) is 41.5 Å². The van der Waals surface area contributed by atoms with Crippen LogP contribution in [0.1, 0.15) is 80.6 Å². The van der Waals surface area contributed by atoms with Crippen molar-refractivity contribution in [2.75, 3.05) is 6.61 Å². The molecule has 0 aliphatic rings. The van der Waals surface area contributed by atoms with Crippen molar-refractivity contribution in [2.24, 2.45) is 10.8 Å². The number of rotatable bonds is 8. The smallest absolute Gasteiger partial charge is 0.311 e. The predicted molar refractivity (Wildman–Crippen MR) is 88.5 cm³/mol. The fourth-order valence-corrected chi connectivity index (χ4v) is 1.71. The molecule has 0 fully saturated rings. The second-order valence-corrected chi connectivity index (χ2v) is 7.95. The Morgan fingerprint density at radius 2 is 1.36 bits per heavy atom. The fraction of sp³-hybridized carbons (Fsp3) is 0.889. The summed E-state index contributed by atoms with van der Waals surface area (Å²) in [6.45, 7) is 13.6. The first-order valence-corrected chi connectivity index (χ1v) is 8.36. The van der Waals surface area contributed by atoms with Crippen LogP contribution in [0.15, 0.2) is 0 Å². The molecule has 0 heterocycles. The molecule has 0 radical (unpaired) electrons. The van der Waals surface area contributed by atoms with E-state index >= 15 is 0 Å². The number of carbonyl (C=O) groups is 2. The van der Waals surface area contributed by atoms with Gasteiger partial charge in [0.2, 0.25) is 0 Å². The van der Waals surface area contributed by atoms with Crippen LogP contribution in [0.3, 0.4) is 0 Å². The van der Waals surface area contributed by atoms with E-state index in [0.29, 0.717) is 13.0 Å². The van der Waals surface area contributed by atoms with Gasteiger partial charge in [-0.15, -0.1) is 0 Å². The van der Waals surface area contributed by atoms with E-state index in [0.717, 1.165) is 25.7 Å². The molecule has 0 bridgehead atoms. The van der Waals surface area contributed by atoms with Crippen LogP contribution in [-0.4, -0.2) is 24.6 Å². The summed E-state index contributed by atoms with van der Waals surface area (Å²) in [4.78, 5) is 23.7. The summed E-state index contributed by atoms with van der Waals surface area (Å²) < 4.78 is 10.9. The summed E-state index contributed by atoms with van der Waals surface area (Å²) in [7, 11) is 0. The van der Waals surface area contributed by atoms with E-state index in [9.17, 15) is 9.59 Å². The molecule has 0 saturated heterocycles. The van der Waals surface area contributed by atoms with Gasteiger partial charge < -0.3 is 9.47 Å². The van der Waals surface area contributed by atoms with Crippen molar-refractivity contribution >= 4 is 11.9 Å². The van der Waals surface area contributed by atoms with Crippen molar-refractivity contribution in [2.45, 2.75) is 86.7 Å². The second-order valence-electron chi connectivity index (χ2n) is 7.95. The number of hydrogen-bond acceptors (Lipinski definition) is 4. The van der Waals surface area contributed by atoms with Gasteiger partial charge in [-0.2, -0.15) is 0 Å². The summed E-state index contributed by atoms with van der Waals surface area (Å²) >= 11 is 0. The minimum Gasteiger partial charge on any atom is -0.465 e. The first-order valence-electron chi connectivity index (χ1n) is 8.36. The molecule has 4 heteroatoms. The van der Waals surface area contributed by atoms with Crippen LogP contribution in [0.5, 0.6) is 0 Å². The monoisotopic (exact) mass is 314 g/mol. The Kier molecular flexibility index (Phi) is 8.72. The topological polar surface area (TPSA) is 52.6 Å². The standard InChI is InChI=1S/C18H34O4/c1-8-9-11-14(22-16(20)18(5,6)7)12-10-13-21-15(19)17(2,3)4/h14H,8-13H2,1-7H3. The molecule has 0 aromatic rings. The first kappa shape index (κ1) is 20.9.